The summed E-state index contributed by atoms with van der Waals surface area (Å²) in [7, 11) is 0. The van der Waals surface area contributed by atoms with Crippen LogP contribution in [0.15, 0.2) is 34.9 Å². The van der Waals surface area contributed by atoms with E-state index in [1.165, 1.54) is 45.2 Å². The maximum Gasteiger partial charge on any atom is 0.226 e. The van der Waals surface area contributed by atoms with Gasteiger partial charge in [0.25, 0.3) is 0 Å². The Kier molecular flexibility index (Phi) is 7.45. The Bertz CT molecular complexity index is 769. The van der Waals surface area contributed by atoms with Crippen LogP contribution in [-0.4, -0.2) is 53.6 Å². The first-order chi connectivity index (χ1) is 14.7. The number of likely N-dealkylation sites (tertiary alicyclic amines) is 1. The Hall–Kier alpha value is -1.85. The fraction of sp³-hybridized carbons (Fsp3) is 0.640. The van der Waals surface area contributed by atoms with Crippen molar-refractivity contribution in [3.63, 3.8) is 0 Å². The molecule has 1 aromatic carbocycles. The molecule has 1 saturated heterocycles. The predicted molar refractivity (Wildman–Crippen MR) is 121 cm³/mol. The Morgan fingerprint density at radius 2 is 2.03 bits per heavy atom. The van der Waals surface area contributed by atoms with Gasteiger partial charge in [-0.25, -0.2) is 4.98 Å². The molecule has 0 spiro atoms. The first-order valence-electron chi connectivity index (χ1n) is 11.9. The van der Waals surface area contributed by atoms with E-state index < -0.39 is 0 Å². The van der Waals surface area contributed by atoms with E-state index in [1.54, 1.807) is 0 Å². The van der Waals surface area contributed by atoms with Gasteiger partial charge in [0.05, 0.1) is 12.3 Å². The smallest absolute Gasteiger partial charge is 0.226 e. The van der Waals surface area contributed by atoms with E-state index in [9.17, 15) is 0 Å². The SMILES string of the molecule is CCCN(Cc1coc(-c2ccc(OCCCN3CCCC3C)cc2)n1)CC1CC1. The third-order valence-corrected chi connectivity index (χ3v) is 6.34. The highest BCUT2D eigenvalue weighted by molar-refractivity contribution is 5.54. The quantitative estimate of drug-likeness (QED) is 0.448. The summed E-state index contributed by atoms with van der Waals surface area (Å²) < 4.78 is 11.7. The number of rotatable bonds is 12. The summed E-state index contributed by atoms with van der Waals surface area (Å²) in [6.45, 7) is 10.9. The second kappa shape index (κ2) is 10.5. The van der Waals surface area contributed by atoms with E-state index in [0.717, 1.165) is 61.6 Å². The Labute approximate surface area is 181 Å². The first-order valence-corrected chi connectivity index (χ1v) is 11.9. The van der Waals surface area contributed by atoms with Gasteiger partial charge >= 0.3 is 0 Å². The van der Waals surface area contributed by atoms with Crippen molar-refractivity contribution in [2.45, 2.75) is 65.0 Å². The average molecular weight is 412 g/mol. The molecule has 5 heteroatoms. The second-order valence-corrected chi connectivity index (χ2v) is 9.08. The Morgan fingerprint density at radius 3 is 2.73 bits per heavy atom. The monoisotopic (exact) mass is 411 g/mol. The molecular formula is C25H37N3O2. The van der Waals surface area contributed by atoms with Crippen molar-refractivity contribution in [1.29, 1.82) is 0 Å². The standard InChI is InChI=1S/C25H37N3O2/c1-3-13-27(17-21-7-8-21)18-23-19-30-25(26-23)22-9-11-24(12-10-22)29-16-5-15-28-14-4-6-20(28)2/h9-12,19-21H,3-8,13-18H2,1-2H3. The van der Waals surface area contributed by atoms with Crippen LogP contribution in [0.3, 0.4) is 0 Å². The van der Waals surface area contributed by atoms with Gasteiger partial charge in [-0.05, 0) is 88.7 Å². The normalized spacial score (nSPS) is 19.6. The van der Waals surface area contributed by atoms with E-state index in [-0.39, 0.29) is 0 Å². The third-order valence-electron chi connectivity index (χ3n) is 6.34. The lowest BCUT2D eigenvalue weighted by atomic mass is 10.2. The topological polar surface area (TPSA) is 41.7 Å². The van der Waals surface area contributed by atoms with Gasteiger partial charge in [0.15, 0.2) is 0 Å². The molecule has 1 atom stereocenters. The van der Waals surface area contributed by atoms with Gasteiger partial charge in [-0.1, -0.05) is 6.92 Å². The second-order valence-electron chi connectivity index (χ2n) is 9.08. The number of nitrogens with zero attached hydrogens (tertiary/aromatic N) is 3. The fourth-order valence-corrected chi connectivity index (χ4v) is 4.43. The minimum Gasteiger partial charge on any atom is -0.494 e. The van der Waals surface area contributed by atoms with E-state index in [4.69, 9.17) is 14.1 Å². The highest BCUT2D eigenvalue weighted by atomic mass is 16.5. The third kappa shape index (κ3) is 6.08. The first kappa shape index (κ1) is 21.4. The van der Waals surface area contributed by atoms with Crippen molar-refractivity contribution in [2.24, 2.45) is 5.92 Å². The van der Waals surface area contributed by atoms with Gasteiger partial charge in [0, 0.05) is 31.2 Å². The number of hydrogen-bond donors (Lipinski definition) is 0. The van der Waals surface area contributed by atoms with E-state index in [0.29, 0.717) is 5.89 Å². The molecule has 30 heavy (non-hydrogen) atoms. The number of benzene rings is 1. The van der Waals surface area contributed by atoms with Crippen LogP contribution in [-0.2, 0) is 6.54 Å². The molecule has 0 amide bonds. The summed E-state index contributed by atoms with van der Waals surface area (Å²) in [4.78, 5) is 9.81. The van der Waals surface area contributed by atoms with Crippen LogP contribution in [0.5, 0.6) is 5.75 Å². The molecule has 2 aliphatic rings. The molecule has 0 radical (unpaired) electrons. The van der Waals surface area contributed by atoms with Crippen molar-refractivity contribution in [3.05, 3.63) is 36.2 Å². The summed E-state index contributed by atoms with van der Waals surface area (Å²) in [5.41, 5.74) is 2.03. The largest absolute Gasteiger partial charge is 0.494 e. The molecule has 1 aliphatic heterocycles. The molecule has 1 aromatic heterocycles. The van der Waals surface area contributed by atoms with Crippen LogP contribution < -0.4 is 4.74 Å². The number of oxazole rings is 1. The van der Waals surface area contributed by atoms with Crippen molar-refractivity contribution in [2.75, 3.05) is 32.8 Å². The predicted octanol–water partition coefficient (Wildman–Crippen LogP) is 5.22. The molecule has 0 bridgehead atoms. The van der Waals surface area contributed by atoms with Crippen LogP contribution >= 0.6 is 0 Å². The highest BCUT2D eigenvalue weighted by Crippen LogP contribution is 2.30. The molecule has 0 N–H and O–H groups in total. The van der Waals surface area contributed by atoms with Gasteiger partial charge in [0.2, 0.25) is 5.89 Å². The molecule has 1 aliphatic carbocycles. The zero-order valence-electron chi connectivity index (χ0n) is 18.7. The zero-order chi connectivity index (χ0) is 20.8. The highest BCUT2D eigenvalue weighted by Gasteiger charge is 2.24. The van der Waals surface area contributed by atoms with Crippen molar-refractivity contribution in [1.82, 2.24) is 14.8 Å². The lowest BCUT2D eigenvalue weighted by molar-refractivity contribution is 0.230. The average Bonchev–Trinajstić information content (AvgIpc) is 3.28. The number of aromatic nitrogens is 1. The Balaban J connectivity index is 1.24. The Morgan fingerprint density at radius 1 is 1.20 bits per heavy atom. The summed E-state index contributed by atoms with van der Waals surface area (Å²) in [5, 5.41) is 0. The molecule has 2 heterocycles. The van der Waals surface area contributed by atoms with Crippen LogP contribution in [0.4, 0.5) is 0 Å². The van der Waals surface area contributed by atoms with Crippen LogP contribution in [0.25, 0.3) is 11.5 Å². The van der Waals surface area contributed by atoms with Crippen molar-refractivity contribution in [3.8, 4) is 17.2 Å². The summed E-state index contributed by atoms with van der Waals surface area (Å²) in [6, 6.07) is 8.86. The zero-order valence-corrected chi connectivity index (χ0v) is 18.7. The van der Waals surface area contributed by atoms with Crippen LogP contribution in [0.2, 0.25) is 0 Å². The molecule has 164 valence electrons. The lowest BCUT2D eigenvalue weighted by Crippen LogP contribution is -2.28. The summed E-state index contributed by atoms with van der Waals surface area (Å²) in [5.74, 6) is 2.51. The van der Waals surface area contributed by atoms with E-state index in [2.05, 4.69) is 23.6 Å². The number of ether oxygens (including phenoxy) is 1. The van der Waals surface area contributed by atoms with Crippen LogP contribution in [0, 0.1) is 5.92 Å². The molecule has 2 aromatic rings. The van der Waals surface area contributed by atoms with Gasteiger partial charge in [-0.3, -0.25) is 4.90 Å². The molecule has 2 fully saturated rings. The van der Waals surface area contributed by atoms with Crippen molar-refractivity contribution < 1.29 is 9.15 Å². The maximum absolute atomic E-state index is 5.94. The fourth-order valence-electron chi connectivity index (χ4n) is 4.43. The number of hydrogen-bond acceptors (Lipinski definition) is 5. The van der Waals surface area contributed by atoms with Gasteiger partial charge in [0.1, 0.15) is 12.0 Å². The van der Waals surface area contributed by atoms with Crippen LogP contribution in [0.1, 0.15) is 58.1 Å². The molecule has 4 rings (SSSR count). The molecule has 1 saturated carbocycles. The lowest BCUT2D eigenvalue weighted by Gasteiger charge is -2.20. The van der Waals surface area contributed by atoms with Gasteiger partial charge < -0.3 is 14.1 Å². The van der Waals surface area contributed by atoms with E-state index >= 15 is 0 Å². The summed E-state index contributed by atoms with van der Waals surface area (Å²) in [6.07, 6.45) is 9.51. The summed E-state index contributed by atoms with van der Waals surface area (Å²) >= 11 is 0. The minimum absolute atomic E-state index is 0.697. The maximum atomic E-state index is 5.94. The van der Waals surface area contributed by atoms with E-state index in [1.807, 2.05) is 30.5 Å². The molecular weight excluding hydrogens is 374 g/mol. The van der Waals surface area contributed by atoms with Gasteiger partial charge in [-0.15, -0.1) is 0 Å². The molecule has 1 unspecified atom stereocenters. The minimum atomic E-state index is 0.697. The van der Waals surface area contributed by atoms with Crippen molar-refractivity contribution >= 4 is 0 Å². The van der Waals surface area contributed by atoms with Gasteiger partial charge in [-0.2, -0.15) is 0 Å². The molecule has 5 nitrogen and oxygen atoms in total.